The van der Waals surface area contributed by atoms with Crippen molar-refractivity contribution in [2.24, 2.45) is 0 Å². The molecule has 3 rings (SSSR count). The summed E-state index contributed by atoms with van der Waals surface area (Å²) in [6.45, 7) is 0. The molecule has 18 heavy (non-hydrogen) atoms. The minimum absolute atomic E-state index is 0.0920. The van der Waals surface area contributed by atoms with E-state index in [1.165, 1.54) is 6.07 Å². The van der Waals surface area contributed by atoms with Crippen molar-refractivity contribution in [2.75, 3.05) is 0 Å². The molecule has 0 bridgehead atoms. The van der Waals surface area contributed by atoms with Crippen molar-refractivity contribution in [1.29, 1.82) is 0 Å². The lowest BCUT2D eigenvalue weighted by atomic mass is 9.70. The van der Waals surface area contributed by atoms with E-state index < -0.39 is 11.6 Å². The number of alkyl halides is 2. The zero-order valence-corrected chi connectivity index (χ0v) is 11.1. The molecule has 2 aliphatic rings. The quantitative estimate of drug-likeness (QED) is 0.670. The van der Waals surface area contributed by atoms with Gasteiger partial charge in [0.05, 0.1) is 0 Å². The van der Waals surface area contributed by atoms with E-state index in [9.17, 15) is 13.6 Å². The van der Waals surface area contributed by atoms with Crippen LogP contribution in [0.25, 0.3) is 6.08 Å². The fourth-order valence-electron chi connectivity index (χ4n) is 2.91. The van der Waals surface area contributed by atoms with Crippen LogP contribution in [-0.2, 0) is 10.2 Å². The first-order valence-corrected chi connectivity index (χ1v) is 6.75. The summed E-state index contributed by atoms with van der Waals surface area (Å²) < 4.78 is 27.4. The Morgan fingerprint density at radius 1 is 1.39 bits per heavy atom. The smallest absolute Gasteiger partial charge is 0.168 e. The zero-order valence-electron chi connectivity index (χ0n) is 9.50. The zero-order chi connectivity index (χ0) is 12.9. The summed E-state index contributed by atoms with van der Waals surface area (Å²) in [7, 11) is 0. The number of hydrogen-bond acceptors (Lipinski definition) is 1. The third-order valence-electron chi connectivity index (χ3n) is 3.91. The van der Waals surface area contributed by atoms with E-state index in [1.54, 1.807) is 12.1 Å². The molecular weight excluding hydrogens is 302 g/mol. The van der Waals surface area contributed by atoms with Crippen molar-refractivity contribution in [3.63, 3.8) is 0 Å². The number of Topliss-reactive ketones (excluding diaryl/α,β-unsaturated/α-hetero) is 1. The molecule has 94 valence electrons. The molecule has 2 aliphatic carbocycles. The predicted octanol–water partition coefficient (Wildman–Crippen LogP) is 3.55. The van der Waals surface area contributed by atoms with E-state index in [0.717, 1.165) is 5.56 Å². The van der Waals surface area contributed by atoms with Crippen LogP contribution in [0.3, 0.4) is 0 Å². The highest BCUT2D eigenvalue weighted by molar-refractivity contribution is 9.09. The topological polar surface area (TPSA) is 17.1 Å². The Morgan fingerprint density at radius 2 is 2.17 bits per heavy atom. The summed E-state index contributed by atoms with van der Waals surface area (Å²) in [5, 5.41) is 0. The van der Waals surface area contributed by atoms with E-state index in [2.05, 4.69) is 15.9 Å². The lowest BCUT2D eigenvalue weighted by Gasteiger charge is -2.38. The first kappa shape index (κ1) is 12.0. The first-order chi connectivity index (χ1) is 8.54. The Balaban J connectivity index is 2.12. The molecule has 1 nitrogen and oxygen atoms in total. The van der Waals surface area contributed by atoms with Gasteiger partial charge in [-0.3, -0.25) is 4.79 Å². The number of benzene rings is 1. The third-order valence-corrected chi connectivity index (χ3v) is 5.05. The Labute approximate surface area is 112 Å². The predicted molar refractivity (Wildman–Crippen MR) is 69.0 cm³/mol. The SMILES string of the molecule is O=C1CC(Br)C2(C=Cc3c(F)cccc32)CC1F. The highest BCUT2D eigenvalue weighted by Gasteiger charge is 2.49. The van der Waals surface area contributed by atoms with Crippen LogP contribution in [0.5, 0.6) is 0 Å². The van der Waals surface area contributed by atoms with Crippen LogP contribution in [0.1, 0.15) is 24.0 Å². The fraction of sp³-hybridized carbons (Fsp3) is 0.357. The lowest BCUT2D eigenvalue weighted by Crippen LogP contribution is -2.44. The van der Waals surface area contributed by atoms with Gasteiger partial charge in [0.25, 0.3) is 0 Å². The number of carbonyl (C=O) groups is 1. The van der Waals surface area contributed by atoms with Gasteiger partial charge in [-0.15, -0.1) is 0 Å². The van der Waals surface area contributed by atoms with Crippen LogP contribution >= 0.6 is 15.9 Å². The van der Waals surface area contributed by atoms with Crippen LogP contribution in [0.2, 0.25) is 0 Å². The highest BCUT2D eigenvalue weighted by atomic mass is 79.9. The van der Waals surface area contributed by atoms with Gasteiger partial charge in [0.2, 0.25) is 0 Å². The molecule has 0 aliphatic heterocycles. The number of allylic oxidation sites excluding steroid dienone is 1. The summed E-state index contributed by atoms with van der Waals surface area (Å²) in [4.78, 5) is 11.2. The molecule has 1 spiro atoms. The van der Waals surface area contributed by atoms with E-state index in [-0.39, 0.29) is 29.3 Å². The van der Waals surface area contributed by atoms with Crippen LogP contribution in [-0.4, -0.2) is 16.8 Å². The molecule has 1 fully saturated rings. The van der Waals surface area contributed by atoms with Crippen molar-refractivity contribution in [3.8, 4) is 0 Å². The normalized spacial score (nSPS) is 34.1. The molecule has 0 aromatic heterocycles. The minimum atomic E-state index is -1.46. The van der Waals surface area contributed by atoms with Crippen LogP contribution in [0.4, 0.5) is 8.78 Å². The molecule has 0 heterocycles. The molecule has 0 radical (unpaired) electrons. The standard InChI is InChI=1S/C14H11BrF2O/c15-13-6-12(18)11(17)7-14(13)5-4-8-9(14)2-1-3-10(8)16/h1-5,11,13H,6-7H2. The lowest BCUT2D eigenvalue weighted by molar-refractivity contribution is -0.126. The largest absolute Gasteiger partial charge is 0.296 e. The maximum Gasteiger partial charge on any atom is 0.168 e. The van der Waals surface area contributed by atoms with E-state index in [4.69, 9.17) is 0 Å². The molecule has 3 atom stereocenters. The maximum atomic E-state index is 13.7. The summed E-state index contributed by atoms with van der Waals surface area (Å²) in [5.74, 6) is -0.673. The number of halogens is 3. The van der Waals surface area contributed by atoms with Crippen LogP contribution in [0.15, 0.2) is 24.3 Å². The second kappa shape index (κ2) is 3.98. The molecule has 0 amide bonds. The second-order valence-electron chi connectivity index (χ2n) is 4.88. The minimum Gasteiger partial charge on any atom is -0.296 e. The first-order valence-electron chi connectivity index (χ1n) is 5.84. The molecular formula is C14H11BrF2O. The Bertz CT molecular complexity index is 555. The summed E-state index contributed by atoms with van der Waals surface area (Å²) in [5.41, 5.74) is 0.702. The highest BCUT2D eigenvalue weighted by Crippen LogP contribution is 2.49. The number of carbonyl (C=O) groups excluding carboxylic acids is 1. The number of hydrogen-bond donors (Lipinski definition) is 0. The molecule has 1 saturated carbocycles. The number of ketones is 1. The van der Waals surface area contributed by atoms with E-state index in [1.807, 2.05) is 12.1 Å². The van der Waals surface area contributed by atoms with Gasteiger partial charge in [0.1, 0.15) is 5.82 Å². The summed E-state index contributed by atoms with van der Waals surface area (Å²) >= 11 is 3.47. The molecule has 1 aromatic carbocycles. The number of rotatable bonds is 0. The Morgan fingerprint density at radius 3 is 2.94 bits per heavy atom. The van der Waals surface area contributed by atoms with Crippen LogP contribution in [0, 0.1) is 5.82 Å². The summed E-state index contributed by atoms with van der Waals surface area (Å²) in [6, 6.07) is 4.84. The molecule has 0 saturated heterocycles. The third kappa shape index (κ3) is 1.51. The maximum absolute atomic E-state index is 13.7. The van der Waals surface area contributed by atoms with Crippen molar-refractivity contribution >= 4 is 27.8 Å². The van der Waals surface area contributed by atoms with Crippen molar-refractivity contribution in [3.05, 3.63) is 41.2 Å². The van der Waals surface area contributed by atoms with Gasteiger partial charge in [-0.05, 0) is 18.1 Å². The van der Waals surface area contributed by atoms with Crippen molar-refractivity contribution in [2.45, 2.75) is 29.3 Å². The molecule has 4 heteroatoms. The van der Waals surface area contributed by atoms with Gasteiger partial charge < -0.3 is 0 Å². The number of fused-ring (bicyclic) bond motifs is 2. The van der Waals surface area contributed by atoms with Gasteiger partial charge >= 0.3 is 0 Å². The monoisotopic (exact) mass is 312 g/mol. The average Bonchev–Trinajstić information content (AvgIpc) is 2.69. The average molecular weight is 313 g/mol. The molecule has 0 N–H and O–H groups in total. The van der Waals surface area contributed by atoms with E-state index in [0.29, 0.717) is 5.56 Å². The molecule has 1 aromatic rings. The fourth-order valence-corrected chi connectivity index (χ4v) is 3.82. The van der Waals surface area contributed by atoms with Gasteiger partial charge in [-0.25, -0.2) is 8.78 Å². The molecule has 3 unspecified atom stereocenters. The van der Waals surface area contributed by atoms with Crippen LogP contribution < -0.4 is 0 Å². The Hall–Kier alpha value is -1.03. The van der Waals surface area contributed by atoms with Gasteiger partial charge in [0.15, 0.2) is 12.0 Å². The second-order valence-corrected chi connectivity index (χ2v) is 5.99. The summed E-state index contributed by atoms with van der Waals surface area (Å²) in [6.07, 6.45) is 2.30. The van der Waals surface area contributed by atoms with E-state index >= 15 is 0 Å². The van der Waals surface area contributed by atoms with Crippen molar-refractivity contribution in [1.82, 2.24) is 0 Å². The Kier molecular flexibility index (Phi) is 2.66. The van der Waals surface area contributed by atoms with Crippen molar-refractivity contribution < 1.29 is 13.6 Å². The van der Waals surface area contributed by atoms with Gasteiger partial charge in [-0.1, -0.05) is 40.2 Å². The van der Waals surface area contributed by atoms with Gasteiger partial charge in [0, 0.05) is 22.2 Å². The van der Waals surface area contributed by atoms with Gasteiger partial charge in [-0.2, -0.15) is 0 Å².